The van der Waals surface area contributed by atoms with Gasteiger partial charge in [-0.15, -0.1) is 0 Å². The third-order valence-electron chi connectivity index (χ3n) is 5.42. The molecule has 1 saturated heterocycles. The molecule has 0 unspecified atom stereocenters. The number of hydrogen-bond donors (Lipinski definition) is 1. The SMILES string of the molecule is CCOc1ccc(CNC(=O)CN2CCN(C3CCCCC3)C(=O)C2=O)cc1. The van der Waals surface area contributed by atoms with E-state index in [2.05, 4.69) is 5.32 Å². The standard InChI is InChI=1S/C21H29N3O4/c1-2-28-18-10-8-16(9-11-18)14-22-19(25)15-23-12-13-24(21(27)20(23)26)17-6-4-3-5-7-17/h8-11,17H,2-7,12-15H2,1H3,(H,22,25). The van der Waals surface area contributed by atoms with Crippen LogP contribution in [0.1, 0.15) is 44.6 Å². The van der Waals surface area contributed by atoms with Crippen LogP contribution in [0.5, 0.6) is 5.75 Å². The van der Waals surface area contributed by atoms with Gasteiger partial charge in [-0.05, 0) is 37.5 Å². The minimum absolute atomic E-state index is 0.0832. The van der Waals surface area contributed by atoms with Crippen LogP contribution in [0.2, 0.25) is 0 Å². The van der Waals surface area contributed by atoms with Gasteiger partial charge in [0.1, 0.15) is 12.3 Å². The Bertz CT molecular complexity index is 698. The van der Waals surface area contributed by atoms with Crippen LogP contribution < -0.4 is 10.1 Å². The molecule has 1 aliphatic carbocycles. The quantitative estimate of drug-likeness (QED) is 0.723. The fourth-order valence-corrected chi connectivity index (χ4v) is 3.88. The topological polar surface area (TPSA) is 79.0 Å². The van der Waals surface area contributed by atoms with E-state index < -0.39 is 11.8 Å². The van der Waals surface area contributed by atoms with Gasteiger partial charge in [0, 0.05) is 25.7 Å². The van der Waals surface area contributed by atoms with E-state index in [0.717, 1.165) is 37.0 Å². The number of nitrogens with zero attached hydrogens (tertiary/aromatic N) is 2. The molecule has 0 spiro atoms. The number of piperazine rings is 1. The number of ether oxygens (including phenoxy) is 1. The molecular formula is C21H29N3O4. The van der Waals surface area contributed by atoms with Gasteiger partial charge < -0.3 is 19.9 Å². The summed E-state index contributed by atoms with van der Waals surface area (Å²) in [5.74, 6) is -0.496. The molecule has 1 N–H and O–H groups in total. The Morgan fingerprint density at radius 3 is 2.46 bits per heavy atom. The van der Waals surface area contributed by atoms with Crippen LogP contribution >= 0.6 is 0 Å². The summed E-state index contributed by atoms with van der Waals surface area (Å²) in [6.07, 6.45) is 5.37. The molecule has 3 amide bonds. The van der Waals surface area contributed by atoms with Crippen molar-refractivity contribution in [3.8, 4) is 5.75 Å². The van der Waals surface area contributed by atoms with Crippen molar-refractivity contribution in [1.29, 1.82) is 0 Å². The molecule has 1 heterocycles. The minimum atomic E-state index is -0.562. The number of benzene rings is 1. The molecule has 2 fully saturated rings. The summed E-state index contributed by atoms with van der Waals surface area (Å²) in [5.41, 5.74) is 0.946. The third-order valence-corrected chi connectivity index (χ3v) is 5.42. The van der Waals surface area contributed by atoms with Gasteiger partial charge in [0.05, 0.1) is 6.61 Å². The van der Waals surface area contributed by atoms with Gasteiger partial charge >= 0.3 is 11.8 Å². The van der Waals surface area contributed by atoms with E-state index >= 15 is 0 Å². The molecule has 2 aliphatic rings. The summed E-state index contributed by atoms with van der Waals surface area (Å²) >= 11 is 0. The molecule has 152 valence electrons. The monoisotopic (exact) mass is 387 g/mol. The maximum atomic E-state index is 12.5. The van der Waals surface area contributed by atoms with Crippen LogP contribution in [0, 0.1) is 0 Å². The van der Waals surface area contributed by atoms with E-state index in [9.17, 15) is 14.4 Å². The van der Waals surface area contributed by atoms with Crippen molar-refractivity contribution in [2.75, 3.05) is 26.2 Å². The molecule has 7 nitrogen and oxygen atoms in total. The molecule has 1 aromatic carbocycles. The molecule has 0 bridgehead atoms. The van der Waals surface area contributed by atoms with Gasteiger partial charge in [-0.25, -0.2) is 0 Å². The Labute approximate surface area is 166 Å². The predicted octanol–water partition coefficient (Wildman–Crippen LogP) is 1.70. The van der Waals surface area contributed by atoms with E-state index in [0.29, 0.717) is 26.2 Å². The zero-order valence-electron chi connectivity index (χ0n) is 16.5. The van der Waals surface area contributed by atoms with Crippen molar-refractivity contribution in [3.05, 3.63) is 29.8 Å². The molecule has 3 rings (SSSR count). The van der Waals surface area contributed by atoms with E-state index in [-0.39, 0.29) is 18.5 Å². The van der Waals surface area contributed by atoms with Gasteiger partial charge in [-0.2, -0.15) is 0 Å². The Morgan fingerprint density at radius 1 is 1.07 bits per heavy atom. The van der Waals surface area contributed by atoms with Crippen molar-refractivity contribution in [1.82, 2.24) is 15.1 Å². The molecule has 1 saturated carbocycles. The van der Waals surface area contributed by atoms with Gasteiger partial charge in [-0.3, -0.25) is 14.4 Å². The first-order valence-electron chi connectivity index (χ1n) is 10.2. The van der Waals surface area contributed by atoms with E-state index in [1.807, 2.05) is 31.2 Å². The normalized spacial score (nSPS) is 18.3. The lowest BCUT2D eigenvalue weighted by Gasteiger charge is -2.39. The van der Waals surface area contributed by atoms with Crippen molar-refractivity contribution in [2.24, 2.45) is 0 Å². The highest BCUT2D eigenvalue weighted by molar-refractivity contribution is 6.35. The second-order valence-electron chi connectivity index (χ2n) is 7.37. The summed E-state index contributed by atoms with van der Waals surface area (Å²) in [4.78, 5) is 40.2. The molecule has 0 radical (unpaired) electrons. The molecule has 7 heteroatoms. The number of amides is 3. The highest BCUT2D eigenvalue weighted by Crippen LogP contribution is 2.24. The number of carbonyl (C=O) groups excluding carboxylic acids is 3. The molecule has 0 atom stereocenters. The van der Waals surface area contributed by atoms with Gasteiger partial charge in [-0.1, -0.05) is 31.4 Å². The molecule has 28 heavy (non-hydrogen) atoms. The minimum Gasteiger partial charge on any atom is -0.494 e. The van der Waals surface area contributed by atoms with Gasteiger partial charge in [0.25, 0.3) is 0 Å². The largest absolute Gasteiger partial charge is 0.494 e. The van der Waals surface area contributed by atoms with Gasteiger partial charge in [0.15, 0.2) is 0 Å². The van der Waals surface area contributed by atoms with Crippen LogP contribution in [0.25, 0.3) is 0 Å². The molecule has 0 aromatic heterocycles. The van der Waals surface area contributed by atoms with Crippen LogP contribution in [-0.4, -0.2) is 59.8 Å². The Morgan fingerprint density at radius 2 is 1.79 bits per heavy atom. The summed E-state index contributed by atoms with van der Waals surface area (Å²) in [6, 6.07) is 7.68. The summed E-state index contributed by atoms with van der Waals surface area (Å²) < 4.78 is 5.39. The Hall–Kier alpha value is -2.57. The first kappa shape index (κ1) is 20.2. The van der Waals surface area contributed by atoms with Gasteiger partial charge in [0.2, 0.25) is 5.91 Å². The lowest BCUT2D eigenvalue weighted by molar-refractivity contribution is -0.159. The fraction of sp³-hybridized carbons (Fsp3) is 0.571. The zero-order chi connectivity index (χ0) is 19.9. The van der Waals surface area contributed by atoms with Crippen molar-refractivity contribution < 1.29 is 19.1 Å². The highest BCUT2D eigenvalue weighted by atomic mass is 16.5. The number of hydrogen-bond acceptors (Lipinski definition) is 4. The first-order valence-corrected chi connectivity index (χ1v) is 10.2. The number of carbonyl (C=O) groups is 3. The highest BCUT2D eigenvalue weighted by Gasteiger charge is 2.37. The lowest BCUT2D eigenvalue weighted by Crippen LogP contribution is -2.59. The Balaban J connectivity index is 1.46. The molecular weight excluding hydrogens is 358 g/mol. The summed E-state index contributed by atoms with van der Waals surface area (Å²) in [6.45, 7) is 3.75. The number of rotatable bonds is 7. The molecule has 1 aromatic rings. The maximum absolute atomic E-state index is 12.5. The van der Waals surface area contributed by atoms with Crippen LogP contribution in [-0.2, 0) is 20.9 Å². The van der Waals surface area contributed by atoms with Crippen molar-refractivity contribution in [2.45, 2.75) is 51.6 Å². The average Bonchev–Trinajstić information content (AvgIpc) is 2.72. The van der Waals surface area contributed by atoms with E-state index in [4.69, 9.17) is 4.74 Å². The third kappa shape index (κ3) is 5.03. The second kappa shape index (κ2) is 9.57. The van der Waals surface area contributed by atoms with E-state index in [1.165, 1.54) is 11.3 Å². The van der Waals surface area contributed by atoms with Crippen LogP contribution in [0.3, 0.4) is 0 Å². The van der Waals surface area contributed by atoms with Crippen LogP contribution in [0.15, 0.2) is 24.3 Å². The fourth-order valence-electron chi connectivity index (χ4n) is 3.88. The summed E-state index contributed by atoms with van der Waals surface area (Å²) in [5, 5.41) is 2.81. The maximum Gasteiger partial charge on any atom is 0.312 e. The van der Waals surface area contributed by atoms with Crippen LogP contribution in [0.4, 0.5) is 0 Å². The predicted molar refractivity (Wildman–Crippen MR) is 105 cm³/mol. The smallest absolute Gasteiger partial charge is 0.312 e. The zero-order valence-corrected chi connectivity index (χ0v) is 16.5. The average molecular weight is 387 g/mol. The van der Waals surface area contributed by atoms with Crippen molar-refractivity contribution in [3.63, 3.8) is 0 Å². The number of nitrogens with one attached hydrogen (secondary N) is 1. The lowest BCUT2D eigenvalue weighted by atomic mass is 9.93. The Kier molecular flexibility index (Phi) is 6.90. The summed E-state index contributed by atoms with van der Waals surface area (Å²) in [7, 11) is 0. The second-order valence-corrected chi connectivity index (χ2v) is 7.37. The molecule has 1 aliphatic heterocycles. The van der Waals surface area contributed by atoms with Crippen molar-refractivity contribution >= 4 is 17.7 Å². The van der Waals surface area contributed by atoms with E-state index in [1.54, 1.807) is 4.90 Å². The first-order chi connectivity index (χ1) is 13.6.